The molecule has 1 fully saturated rings. The molecule has 0 atom stereocenters. The third-order valence-electron chi connectivity index (χ3n) is 5.54. The van der Waals surface area contributed by atoms with Crippen molar-refractivity contribution in [3.8, 4) is 28.4 Å². The molecule has 6 heteroatoms. The van der Waals surface area contributed by atoms with Crippen LogP contribution < -0.4 is 14.9 Å². The zero-order chi connectivity index (χ0) is 20.4. The van der Waals surface area contributed by atoms with Crippen molar-refractivity contribution < 1.29 is 19.0 Å². The fourth-order valence-corrected chi connectivity index (χ4v) is 4.02. The Hall–Kier alpha value is -2.99. The highest BCUT2D eigenvalue weighted by Crippen LogP contribution is 2.37. The van der Waals surface area contributed by atoms with E-state index < -0.39 is 0 Å². The first-order chi connectivity index (χ1) is 14.1. The molecule has 0 radical (unpaired) electrons. The van der Waals surface area contributed by atoms with E-state index in [9.17, 15) is 9.90 Å². The molecule has 1 aromatic heterocycles. The predicted octanol–water partition coefficient (Wildman–Crippen LogP) is 4.17. The van der Waals surface area contributed by atoms with Gasteiger partial charge in [-0.1, -0.05) is 24.6 Å². The van der Waals surface area contributed by atoms with Crippen molar-refractivity contribution in [3.63, 3.8) is 0 Å². The average molecular weight is 395 g/mol. The number of hydrogen-bond acceptors (Lipinski definition) is 6. The second kappa shape index (κ2) is 8.17. The Kier molecular flexibility index (Phi) is 5.45. The third-order valence-corrected chi connectivity index (χ3v) is 5.54. The minimum Gasteiger partial charge on any atom is -0.507 e. The Morgan fingerprint density at radius 3 is 2.48 bits per heavy atom. The summed E-state index contributed by atoms with van der Waals surface area (Å²) in [6.45, 7) is 2.47. The van der Waals surface area contributed by atoms with Gasteiger partial charge in [0.2, 0.25) is 5.43 Å². The second-order valence-electron chi connectivity index (χ2n) is 7.30. The zero-order valence-electron chi connectivity index (χ0n) is 16.7. The van der Waals surface area contributed by atoms with Gasteiger partial charge in [0, 0.05) is 18.2 Å². The lowest BCUT2D eigenvalue weighted by molar-refractivity contribution is 0.218. The molecule has 29 heavy (non-hydrogen) atoms. The molecule has 1 aliphatic heterocycles. The fraction of sp³-hybridized carbons (Fsp3) is 0.348. The van der Waals surface area contributed by atoms with Gasteiger partial charge in [-0.3, -0.25) is 9.69 Å². The van der Waals surface area contributed by atoms with Gasteiger partial charge in [-0.2, -0.15) is 0 Å². The summed E-state index contributed by atoms with van der Waals surface area (Å²) in [5.41, 5.74) is 1.82. The topological polar surface area (TPSA) is 72.1 Å². The summed E-state index contributed by atoms with van der Waals surface area (Å²) in [5.74, 6) is 0.962. The number of likely N-dealkylation sites (tertiary alicyclic amines) is 1. The maximum Gasteiger partial charge on any atom is 0.204 e. The van der Waals surface area contributed by atoms with Crippen LogP contribution >= 0.6 is 0 Å². The molecule has 0 spiro atoms. The van der Waals surface area contributed by atoms with E-state index >= 15 is 0 Å². The summed E-state index contributed by atoms with van der Waals surface area (Å²) < 4.78 is 16.8. The lowest BCUT2D eigenvalue weighted by Crippen LogP contribution is -2.29. The third kappa shape index (κ3) is 3.56. The van der Waals surface area contributed by atoms with Gasteiger partial charge in [-0.15, -0.1) is 0 Å². The van der Waals surface area contributed by atoms with E-state index in [4.69, 9.17) is 13.9 Å². The molecular formula is C23H25NO5. The van der Waals surface area contributed by atoms with E-state index in [2.05, 4.69) is 4.90 Å². The standard InChI is InChI=1S/C23H25NO5/c1-27-19-9-5-4-8-15(19)17-14-29-23-16(13-24-10-6-3-7-11-24)18(25)12-20(28-2)21(23)22(17)26/h4-5,8-9,12,14,25H,3,6-7,10-11,13H2,1-2H3. The molecule has 1 saturated heterocycles. The molecule has 2 heterocycles. The van der Waals surface area contributed by atoms with Crippen LogP contribution in [0.15, 0.2) is 45.8 Å². The first-order valence-corrected chi connectivity index (χ1v) is 9.84. The van der Waals surface area contributed by atoms with Gasteiger partial charge < -0.3 is 19.0 Å². The Labute approximate surface area is 169 Å². The van der Waals surface area contributed by atoms with Gasteiger partial charge in [0.15, 0.2) is 0 Å². The number of aromatic hydroxyl groups is 1. The summed E-state index contributed by atoms with van der Waals surface area (Å²) in [4.78, 5) is 15.7. The SMILES string of the molecule is COc1ccccc1-c1coc2c(CN3CCCCC3)c(O)cc(OC)c2c1=O. The quantitative estimate of drug-likeness (QED) is 0.699. The molecule has 1 aliphatic rings. The number of phenols is 1. The molecule has 1 N–H and O–H groups in total. The fourth-order valence-electron chi connectivity index (χ4n) is 4.02. The number of para-hydroxylation sites is 1. The van der Waals surface area contributed by atoms with Crippen LogP contribution in [0.25, 0.3) is 22.1 Å². The molecule has 0 bridgehead atoms. The van der Waals surface area contributed by atoms with Gasteiger partial charge in [0.05, 0.1) is 25.3 Å². The Morgan fingerprint density at radius 1 is 1.03 bits per heavy atom. The first-order valence-electron chi connectivity index (χ1n) is 9.84. The highest BCUT2D eigenvalue weighted by molar-refractivity contribution is 5.91. The number of ether oxygens (including phenoxy) is 2. The van der Waals surface area contributed by atoms with E-state index in [0.29, 0.717) is 45.7 Å². The minimum absolute atomic E-state index is 0.0770. The summed E-state index contributed by atoms with van der Waals surface area (Å²) in [7, 11) is 3.05. The van der Waals surface area contributed by atoms with Crippen molar-refractivity contribution in [3.05, 3.63) is 52.4 Å². The summed E-state index contributed by atoms with van der Waals surface area (Å²) in [5, 5.41) is 11.0. The Balaban J connectivity index is 1.90. The second-order valence-corrected chi connectivity index (χ2v) is 7.30. The normalized spacial score (nSPS) is 14.8. The van der Waals surface area contributed by atoms with E-state index in [0.717, 1.165) is 25.9 Å². The molecule has 0 saturated carbocycles. The number of rotatable bonds is 5. The van der Waals surface area contributed by atoms with Crippen LogP contribution in [0, 0.1) is 0 Å². The number of hydrogen-bond donors (Lipinski definition) is 1. The highest BCUT2D eigenvalue weighted by Gasteiger charge is 2.23. The molecule has 3 aromatic rings. The molecule has 0 aliphatic carbocycles. The number of phenolic OH excluding ortho intramolecular Hbond substituents is 1. The maximum absolute atomic E-state index is 13.4. The first kappa shape index (κ1) is 19.3. The van der Waals surface area contributed by atoms with E-state index in [1.165, 1.54) is 25.9 Å². The minimum atomic E-state index is -0.215. The largest absolute Gasteiger partial charge is 0.507 e. The van der Waals surface area contributed by atoms with Gasteiger partial charge in [0.25, 0.3) is 0 Å². The maximum atomic E-state index is 13.4. The number of piperidine rings is 1. The Morgan fingerprint density at radius 2 is 1.76 bits per heavy atom. The number of nitrogens with zero attached hydrogens (tertiary/aromatic N) is 1. The van der Waals surface area contributed by atoms with Crippen LogP contribution in [-0.2, 0) is 6.54 Å². The van der Waals surface area contributed by atoms with E-state index in [1.54, 1.807) is 13.2 Å². The van der Waals surface area contributed by atoms with Crippen LogP contribution in [0.4, 0.5) is 0 Å². The van der Waals surface area contributed by atoms with Crippen molar-refractivity contribution >= 4 is 11.0 Å². The summed E-state index contributed by atoms with van der Waals surface area (Å²) in [6, 6.07) is 8.81. The van der Waals surface area contributed by atoms with E-state index in [1.807, 2.05) is 18.2 Å². The summed E-state index contributed by atoms with van der Waals surface area (Å²) in [6.07, 6.45) is 4.94. The Bertz CT molecular complexity index is 1080. The molecule has 0 unspecified atom stereocenters. The number of methoxy groups -OCH3 is 2. The van der Waals surface area contributed by atoms with Crippen LogP contribution in [0.2, 0.25) is 0 Å². The van der Waals surface area contributed by atoms with Crippen LogP contribution in [0.1, 0.15) is 24.8 Å². The van der Waals surface area contributed by atoms with E-state index in [-0.39, 0.29) is 11.2 Å². The molecule has 0 amide bonds. The van der Waals surface area contributed by atoms with Gasteiger partial charge in [-0.05, 0) is 32.0 Å². The lowest BCUT2D eigenvalue weighted by atomic mass is 10.0. The molecule has 2 aromatic carbocycles. The monoisotopic (exact) mass is 395 g/mol. The molecule has 6 nitrogen and oxygen atoms in total. The van der Waals surface area contributed by atoms with Crippen molar-refractivity contribution in [2.45, 2.75) is 25.8 Å². The predicted molar refractivity (Wildman–Crippen MR) is 112 cm³/mol. The van der Waals surface area contributed by atoms with Crippen molar-refractivity contribution in [1.82, 2.24) is 4.90 Å². The van der Waals surface area contributed by atoms with Crippen molar-refractivity contribution in [1.29, 1.82) is 0 Å². The zero-order valence-corrected chi connectivity index (χ0v) is 16.7. The average Bonchev–Trinajstić information content (AvgIpc) is 2.76. The van der Waals surface area contributed by atoms with Crippen LogP contribution in [-0.4, -0.2) is 37.3 Å². The van der Waals surface area contributed by atoms with Gasteiger partial charge >= 0.3 is 0 Å². The van der Waals surface area contributed by atoms with Crippen molar-refractivity contribution in [2.75, 3.05) is 27.3 Å². The molecule has 4 rings (SSSR count). The lowest BCUT2D eigenvalue weighted by Gasteiger charge is -2.27. The molecule has 152 valence electrons. The number of fused-ring (bicyclic) bond motifs is 1. The van der Waals surface area contributed by atoms with Gasteiger partial charge in [-0.25, -0.2) is 0 Å². The molecular weight excluding hydrogens is 370 g/mol. The smallest absolute Gasteiger partial charge is 0.204 e. The number of benzene rings is 2. The van der Waals surface area contributed by atoms with Crippen LogP contribution in [0.3, 0.4) is 0 Å². The van der Waals surface area contributed by atoms with Crippen molar-refractivity contribution in [2.24, 2.45) is 0 Å². The van der Waals surface area contributed by atoms with Crippen LogP contribution in [0.5, 0.6) is 17.2 Å². The van der Waals surface area contributed by atoms with Gasteiger partial charge in [0.1, 0.15) is 34.5 Å². The highest BCUT2D eigenvalue weighted by atomic mass is 16.5. The summed E-state index contributed by atoms with van der Waals surface area (Å²) >= 11 is 0.